The zero-order valence-corrected chi connectivity index (χ0v) is 12.3. The Kier molecular flexibility index (Phi) is 4.90. The lowest BCUT2D eigenvalue weighted by Gasteiger charge is -2.19. The zero-order valence-electron chi connectivity index (χ0n) is 12.3. The van der Waals surface area contributed by atoms with Crippen molar-refractivity contribution in [2.24, 2.45) is 7.05 Å². The van der Waals surface area contributed by atoms with Crippen LogP contribution in [-0.4, -0.2) is 22.4 Å². The summed E-state index contributed by atoms with van der Waals surface area (Å²) in [6, 6.07) is 7.30. The minimum Gasteiger partial charge on any atom is -0.314 e. The van der Waals surface area contributed by atoms with E-state index < -0.39 is 0 Å². The van der Waals surface area contributed by atoms with E-state index in [4.69, 9.17) is 0 Å². The van der Waals surface area contributed by atoms with E-state index in [2.05, 4.69) is 24.3 Å². The highest BCUT2D eigenvalue weighted by Gasteiger charge is 2.14. The van der Waals surface area contributed by atoms with Crippen LogP contribution >= 0.6 is 0 Å². The van der Waals surface area contributed by atoms with E-state index in [0.29, 0.717) is 6.04 Å². The number of benzene rings is 1. The molecule has 0 spiro atoms. The molecule has 20 heavy (non-hydrogen) atoms. The van der Waals surface area contributed by atoms with Gasteiger partial charge in [-0.1, -0.05) is 26.0 Å². The molecule has 1 N–H and O–H groups in total. The Morgan fingerprint density at radius 3 is 2.75 bits per heavy atom. The Morgan fingerprint density at radius 2 is 2.15 bits per heavy atom. The summed E-state index contributed by atoms with van der Waals surface area (Å²) in [5, 5.41) is 7.64. The number of nitrogens with one attached hydrogen (secondary N) is 1. The van der Waals surface area contributed by atoms with Gasteiger partial charge in [0.05, 0.1) is 6.20 Å². The Hall–Kier alpha value is -1.68. The molecule has 0 aliphatic heterocycles. The van der Waals surface area contributed by atoms with E-state index in [1.165, 1.54) is 11.6 Å². The van der Waals surface area contributed by atoms with Gasteiger partial charge in [0.1, 0.15) is 5.82 Å². The van der Waals surface area contributed by atoms with Crippen molar-refractivity contribution in [3.63, 3.8) is 0 Å². The lowest BCUT2D eigenvalue weighted by molar-refractivity contribution is 0.524. The first-order valence-electron chi connectivity index (χ1n) is 7.01. The Bertz CT molecular complexity index is 548. The number of nitrogens with zero attached hydrogens (tertiary/aromatic N) is 2. The van der Waals surface area contributed by atoms with E-state index in [1.54, 1.807) is 16.8 Å². The minimum atomic E-state index is -0.178. The van der Waals surface area contributed by atoms with E-state index in [0.717, 1.165) is 18.5 Å². The Morgan fingerprint density at radius 1 is 1.35 bits per heavy atom. The third-order valence-electron chi connectivity index (χ3n) is 3.33. The van der Waals surface area contributed by atoms with Crippen LogP contribution in [0.2, 0.25) is 0 Å². The molecule has 1 aromatic carbocycles. The van der Waals surface area contributed by atoms with E-state index in [-0.39, 0.29) is 11.7 Å². The van der Waals surface area contributed by atoms with Crippen molar-refractivity contribution in [3.05, 3.63) is 53.6 Å². The Balaban J connectivity index is 2.15. The number of hydrogen-bond donors (Lipinski definition) is 1. The van der Waals surface area contributed by atoms with Crippen molar-refractivity contribution in [1.29, 1.82) is 0 Å². The predicted octanol–water partition coefficient (Wildman–Crippen LogP) is 2.88. The summed E-state index contributed by atoms with van der Waals surface area (Å²) in [4.78, 5) is 0. The molecule has 3 nitrogen and oxygen atoms in total. The van der Waals surface area contributed by atoms with Gasteiger partial charge in [-0.3, -0.25) is 4.68 Å². The van der Waals surface area contributed by atoms with Gasteiger partial charge < -0.3 is 5.32 Å². The molecule has 0 aliphatic rings. The first-order valence-corrected chi connectivity index (χ1v) is 7.01. The standard InChI is InChI=1S/C16H22FN3/c1-12(2)18-10-15(7-13-9-19-20(3)11-13)14-5-4-6-16(17)8-14/h4-6,8-9,11-12,15,18H,7,10H2,1-3H3. The number of hydrogen-bond acceptors (Lipinski definition) is 2. The highest BCUT2D eigenvalue weighted by Crippen LogP contribution is 2.21. The van der Waals surface area contributed by atoms with Crippen molar-refractivity contribution >= 4 is 0 Å². The van der Waals surface area contributed by atoms with Crippen molar-refractivity contribution in [3.8, 4) is 0 Å². The van der Waals surface area contributed by atoms with E-state index >= 15 is 0 Å². The SMILES string of the molecule is CC(C)NCC(Cc1cnn(C)c1)c1cccc(F)c1. The second-order valence-electron chi connectivity index (χ2n) is 5.54. The molecule has 0 saturated carbocycles. The molecule has 2 rings (SSSR count). The van der Waals surface area contributed by atoms with Crippen LogP contribution in [0.25, 0.3) is 0 Å². The maximum absolute atomic E-state index is 13.4. The average Bonchev–Trinajstić information content (AvgIpc) is 2.80. The maximum Gasteiger partial charge on any atom is 0.123 e. The van der Waals surface area contributed by atoms with Gasteiger partial charge in [0.2, 0.25) is 0 Å². The molecule has 1 atom stereocenters. The van der Waals surface area contributed by atoms with Crippen molar-refractivity contribution in [2.75, 3.05) is 6.54 Å². The summed E-state index contributed by atoms with van der Waals surface area (Å²) >= 11 is 0. The fourth-order valence-electron chi connectivity index (χ4n) is 2.31. The van der Waals surface area contributed by atoms with Crippen LogP contribution in [0.4, 0.5) is 4.39 Å². The van der Waals surface area contributed by atoms with Gasteiger partial charge in [-0.05, 0) is 29.7 Å². The molecule has 0 fully saturated rings. The molecule has 1 unspecified atom stereocenters. The van der Waals surface area contributed by atoms with Gasteiger partial charge in [-0.15, -0.1) is 0 Å². The molecule has 2 aromatic rings. The third-order valence-corrected chi connectivity index (χ3v) is 3.33. The second kappa shape index (κ2) is 6.66. The summed E-state index contributed by atoms with van der Waals surface area (Å²) in [6.07, 6.45) is 4.75. The summed E-state index contributed by atoms with van der Waals surface area (Å²) in [5.41, 5.74) is 2.20. The first-order chi connectivity index (χ1) is 9.54. The van der Waals surface area contributed by atoms with Crippen molar-refractivity contribution in [1.82, 2.24) is 15.1 Å². The van der Waals surface area contributed by atoms with Gasteiger partial charge in [0, 0.05) is 31.7 Å². The van der Waals surface area contributed by atoms with Crippen LogP contribution in [0.3, 0.4) is 0 Å². The largest absolute Gasteiger partial charge is 0.314 e. The summed E-state index contributed by atoms with van der Waals surface area (Å²) in [5.74, 6) is 0.0699. The highest BCUT2D eigenvalue weighted by molar-refractivity contribution is 5.23. The van der Waals surface area contributed by atoms with Gasteiger partial charge in [0.25, 0.3) is 0 Å². The number of rotatable bonds is 6. The number of aromatic nitrogens is 2. The number of aryl methyl sites for hydroxylation is 1. The quantitative estimate of drug-likeness (QED) is 0.878. The van der Waals surface area contributed by atoms with Gasteiger partial charge in [-0.25, -0.2) is 4.39 Å². The lowest BCUT2D eigenvalue weighted by Crippen LogP contribution is -2.29. The van der Waals surface area contributed by atoms with Crippen molar-refractivity contribution < 1.29 is 4.39 Å². The molecule has 108 valence electrons. The highest BCUT2D eigenvalue weighted by atomic mass is 19.1. The molecule has 0 bridgehead atoms. The first kappa shape index (κ1) is 14.7. The number of halogens is 1. The van der Waals surface area contributed by atoms with Crippen LogP contribution in [0.15, 0.2) is 36.7 Å². The fraction of sp³-hybridized carbons (Fsp3) is 0.438. The molecule has 1 heterocycles. The van der Waals surface area contributed by atoms with Crippen LogP contribution in [-0.2, 0) is 13.5 Å². The summed E-state index contributed by atoms with van der Waals surface area (Å²) in [6.45, 7) is 5.06. The average molecular weight is 275 g/mol. The summed E-state index contributed by atoms with van der Waals surface area (Å²) in [7, 11) is 1.91. The molecule has 1 aromatic heterocycles. The molecular formula is C16H22FN3. The van der Waals surface area contributed by atoms with Gasteiger partial charge >= 0.3 is 0 Å². The molecule has 0 amide bonds. The lowest BCUT2D eigenvalue weighted by atomic mass is 9.93. The summed E-state index contributed by atoms with van der Waals surface area (Å²) < 4.78 is 15.2. The molecule has 0 aliphatic carbocycles. The van der Waals surface area contributed by atoms with Crippen molar-refractivity contribution in [2.45, 2.75) is 32.2 Å². The molecule has 4 heteroatoms. The second-order valence-corrected chi connectivity index (χ2v) is 5.54. The fourth-order valence-corrected chi connectivity index (χ4v) is 2.31. The predicted molar refractivity (Wildman–Crippen MR) is 79.2 cm³/mol. The monoisotopic (exact) mass is 275 g/mol. The van der Waals surface area contributed by atoms with E-state index in [1.807, 2.05) is 25.5 Å². The van der Waals surface area contributed by atoms with Gasteiger partial charge in [0.15, 0.2) is 0 Å². The molecule has 0 saturated heterocycles. The van der Waals surface area contributed by atoms with Crippen LogP contribution in [0, 0.1) is 5.82 Å². The van der Waals surface area contributed by atoms with Crippen LogP contribution in [0.5, 0.6) is 0 Å². The van der Waals surface area contributed by atoms with Crippen LogP contribution in [0.1, 0.15) is 30.9 Å². The molecular weight excluding hydrogens is 253 g/mol. The minimum absolute atomic E-state index is 0.178. The van der Waals surface area contributed by atoms with E-state index in [9.17, 15) is 4.39 Å². The normalized spacial score (nSPS) is 12.8. The Labute approximate surface area is 119 Å². The topological polar surface area (TPSA) is 29.9 Å². The zero-order chi connectivity index (χ0) is 14.5. The maximum atomic E-state index is 13.4. The third kappa shape index (κ3) is 4.17. The molecule has 0 radical (unpaired) electrons. The van der Waals surface area contributed by atoms with Crippen LogP contribution < -0.4 is 5.32 Å². The van der Waals surface area contributed by atoms with Gasteiger partial charge in [-0.2, -0.15) is 5.10 Å². The smallest absolute Gasteiger partial charge is 0.123 e.